The van der Waals surface area contributed by atoms with Gasteiger partial charge in [0, 0.05) is 11.6 Å². The van der Waals surface area contributed by atoms with Crippen molar-refractivity contribution in [3.63, 3.8) is 0 Å². The lowest BCUT2D eigenvalue weighted by atomic mass is 10.2. The first-order valence-electron chi connectivity index (χ1n) is 10.1. The van der Waals surface area contributed by atoms with Crippen LogP contribution in [0.1, 0.15) is 18.1 Å². The molecule has 1 amide bonds. The van der Waals surface area contributed by atoms with Crippen molar-refractivity contribution in [1.29, 1.82) is 0 Å². The van der Waals surface area contributed by atoms with Crippen LogP contribution in [0.25, 0.3) is 6.08 Å². The molecule has 8 heteroatoms. The van der Waals surface area contributed by atoms with Gasteiger partial charge in [0.05, 0.1) is 11.5 Å². The Balaban J connectivity index is 1.65. The second kappa shape index (κ2) is 11.4. The fourth-order valence-corrected chi connectivity index (χ4v) is 4.35. The summed E-state index contributed by atoms with van der Waals surface area (Å²) in [5.74, 6) is 1.83. The number of hydrogen-bond acceptors (Lipinski definition) is 6. The van der Waals surface area contributed by atoms with Crippen LogP contribution in [0.3, 0.4) is 0 Å². The molecule has 0 aliphatic carbocycles. The molecule has 0 unspecified atom stereocenters. The van der Waals surface area contributed by atoms with E-state index in [1.54, 1.807) is 12.2 Å². The summed E-state index contributed by atoms with van der Waals surface area (Å²) in [4.78, 5) is 14.6. The fraction of sp³-hybridized carbons (Fsp3) is 0.250. The number of hydrogen-bond donors (Lipinski definition) is 0. The molecule has 0 atom stereocenters. The standard InChI is InChI=1S/C24H24ClNO4S2/c1-4-10-26-23(27)22(32-24(26)31)15-17-6-9-20(21(14-17)28-5-2)30-12-11-29-18-7-8-19(25)16(3)13-18/h4,6-9,13-15H,1,5,10-12H2,2-3H3. The van der Waals surface area contributed by atoms with Crippen molar-refractivity contribution in [3.8, 4) is 17.2 Å². The van der Waals surface area contributed by atoms with E-state index in [-0.39, 0.29) is 5.91 Å². The number of aryl methyl sites for hydroxylation is 1. The molecule has 1 heterocycles. The Kier molecular flexibility index (Phi) is 8.61. The molecule has 3 rings (SSSR count). The third kappa shape index (κ3) is 6.06. The third-order valence-corrected chi connectivity index (χ3v) is 6.29. The van der Waals surface area contributed by atoms with E-state index in [9.17, 15) is 4.79 Å². The van der Waals surface area contributed by atoms with Gasteiger partial charge in [0.2, 0.25) is 0 Å². The highest BCUT2D eigenvalue weighted by Gasteiger charge is 2.31. The fourth-order valence-electron chi connectivity index (χ4n) is 2.96. The zero-order chi connectivity index (χ0) is 23.1. The maximum absolute atomic E-state index is 12.5. The summed E-state index contributed by atoms with van der Waals surface area (Å²) in [6, 6.07) is 11.1. The Morgan fingerprint density at radius 1 is 1.12 bits per heavy atom. The monoisotopic (exact) mass is 489 g/mol. The van der Waals surface area contributed by atoms with Crippen LogP contribution < -0.4 is 14.2 Å². The molecule has 2 aromatic carbocycles. The first kappa shape index (κ1) is 24.2. The summed E-state index contributed by atoms with van der Waals surface area (Å²) in [5.41, 5.74) is 1.79. The number of halogens is 1. The summed E-state index contributed by atoms with van der Waals surface area (Å²) < 4.78 is 17.9. The van der Waals surface area contributed by atoms with Crippen molar-refractivity contribution in [3.05, 3.63) is 70.1 Å². The third-order valence-electron chi connectivity index (χ3n) is 4.49. The van der Waals surface area contributed by atoms with Crippen LogP contribution in [0, 0.1) is 6.92 Å². The molecule has 0 spiro atoms. The Bertz CT molecular complexity index is 1050. The van der Waals surface area contributed by atoms with Crippen LogP contribution in [-0.2, 0) is 4.79 Å². The lowest BCUT2D eigenvalue weighted by molar-refractivity contribution is -0.121. The van der Waals surface area contributed by atoms with E-state index in [2.05, 4.69) is 6.58 Å². The highest BCUT2D eigenvalue weighted by molar-refractivity contribution is 8.26. The van der Waals surface area contributed by atoms with Crippen molar-refractivity contribution in [2.24, 2.45) is 0 Å². The highest BCUT2D eigenvalue weighted by Crippen LogP contribution is 2.35. The minimum atomic E-state index is -0.118. The Morgan fingerprint density at radius 3 is 2.62 bits per heavy atom. The van der Waals surface area contributed by atoms with Crippen molar-refractivity contribution in [2.75, 3.05) is 26.4 Å². The molecule has 0 aromatic heterocycles. The van der Waals surface area contributed by atoms with Crippen LogP contribution in [0.2, 0.25) is 5.02 Å². The molecule has 0 radical (unpaired) electrons. The molecular weight excluding hydrogens is 466 g/mol. The molecule has 168 valence electrons. The van der Waals surface area contributed by atoms with Gasteiger partial charge in [-0.1, -0.05) is 47.7 Å². The van der Waals surface area contributed by atoms with Crippen LogP contribution in [-0.4, -0.2) is 41.5 Å². The molecular formula is C24H24ClNO4S2. The molecule has 32 heavy (non-hydrogen) atoms. The minimum absolute atomic E-state index is 0.118. The van der Waals surface area contributed by atoms with Gasteiger partial charge in [0.25, 0.3) is 5.91 Å². The van der Waals surface area contributed by atoms with Gasteiger partial charge in [0.1, 0.15) is 23.3 Å². The zero-order valence-corrected chi connectivity index (χ0v) is 20.3. The number of thioether (sulfide) groups is 1. The van der Waals surface area contributed by atoms with Crippen molar-refractivity contribution >= 4 is 51.9 Å². The number of amides is 1. The Labute approximate surface area is 203 Å². The van der Waals surface area contributed by atoms with Gasteiger partial charge in [-0.15, -0.1) is 6.58 Å². The maximum Gasteiger partial charge on any atom is 0.266 e. The van der Waals surface area contributed by atoms with Gasteiger partial charge < -0.3 is 14.2 Å². The highest BCUT2D eigenvalue weighted by atomic mass is 35.5. The molecule has 1 saturated heterocycles. The molecule has 5 nitrogen and oxygen atoms in total. The summed E-state index contributed by atoms with van der Waals surface area (Å²) in [6.45, 7) is 9.12. The van der Waals surface area contributed by atoms with Crippen LogP contribution in [0.15, 0.2) is 54.0 Å². The summed E-state index contributed by atoms with van der Waals surface area (Å²) in [6.07, 6.45) is 3.46. The zero-order valence-electron chi connectivity index (χ0n) is 17.9. The van der Waals surface area contributed by atoms with E-state index in [1.807, 2.05) is 50.2 Å². The number of thiocarbonyl (C=S) groups is 1. The van der Waals surface area contributed by atoms with Crippen molar-refractivity contribution < 1.29 is 19.0 Å². The normalized spacial score (nSPS) is 14.7. The lowest BCUT2D eigenvalue weighted by Crippen LogP contribution is -2.27. The SMILES string of the molecule is C=CCN1C(=O)C(=Cc2ccc(OCCOc3ccc(Cl)c(C)c3)c(OCC)c2)SC1=S. The van der Waals surface area contributed by atoms with Gasteiger partial charge in [-0.3, -0.25) is 9.69 Å². The van der Waals surface area contributed by atoms with Gasteiger partial charge >= 0.3 is 0 Å². The number of nitrogens with zero attached hydrogens (tertiary/aromatic N) is 1. The number of rotatable bonds is 10. The van der Waals surface area contributed by atoms with E-state index >= 15 is 0 Å². The number of benzene rings is 2. The summed E-state index contributed by atoms with van der Waals surface area (Å²) >= 11 is 12.6. The molecule has 0 saturated carbocycles. The van der Waals surface area contributed by atoms with Crippen LogP contribution >= 0.6 is 35.6 Å². The molecule has 1 aliphatic rings. The van der Waals surface area contributed by atoms with Crippen LogP contribution in [0.4, 0.5) is 0 Å². The molecule has 0 bridgehead atoms. The van der Waals surface area contributed by atoms with Crippen LogP contribution in [0.5, 0.6) is 17.2 Å². The average molecular weight is 490 g/mol. The average Bonchev–Trinajstić information content (AvgIpc) is 3.03. The van der Waals surface area contributed by atoms with E-state index in [1.165, 1.54) is 16.7 Å². The van der Waals surface area contributed by atoms with Crippen molar-refractivity contribution in [2.45, 2.75) is 13.8 Å². The van der Waals surface area contributed by atoms with Gasteiger partial charge in [0.15, 0.2) is 11.5 Å². The summed E-state index contributed by atoms with van der Waals surface area (Å²) in [5, 5.41) is 0.706. The lowest BCUT2D eigenvalue weighted by Gasteiger charge is -2.13. The number of ether oxygens (including phenoxy) is 3. The molecule has 0 N–H and O–H groups in total. The van der Waals surface area contributed by atoms with E-state index in [4.69, 9.17) is 38.0 Å². The quantitative estimate of drug-likeness (QED) is 0.179. The smallest absolute Gasteiger partial charge is 0.266 e. The number of carbonyl (C=O) groups excluding carboxylic acids is 1. The minimum Gasteiger partial charge on any atom is -0.490 e. The van der Waals surface area contributed by atoms with E-state index < -0.39 is 0 Å². The second-order valence-electron chi connectivity index (χ2n) is 6.83. The second-order valence-corrected chi connectivity index (χ2v) is 8.91. The Hall–Kier alpha value is -2.48. The molecule has 1 aliphatic heterocycles. The maximum atomic E-state index is 12.5. The van der Waals surface area contributed by atoms with E-state index in [0.29, 0.717) is 52.1 Å². The number of carbonyl (C=O) groups is 1. The molecule has 1 fully saturated rings. The van der Waals surface area contributed by atoms with E-state index in [0.717, 1.165) is 16.9 Å². The Morgan fingerprint density at radius 2 is 1.91 bits per heavy atom. The predicted molar refractivity (Wildman–Crippen MR) is 135 cm³/mol. The first-order valence-corrected chi connectivity index (χ1v) is 11.7. The topological polar surface area (TPSA) is 48.0 Å². The van der Waals surface area contributed by atoms with Gasteiger partial charge in [-0.2, -0.15) is 0 Å². The molecule has 2 aromatic rings. The largest absolute Gasteiger partial charge is 0.490 e. The summed E-state index contributed by atoms with van der Waals surface area (Å²) in [7, 11) is 0. The van der Waals surface area contributed by atoms with Gasteiger partial charge in [-0.25, -0.2) is 0 Å². The predicted octanol–water partition coefficient (Wildman–Crippen LogP) is 5.89. The van der Waals surface area contributed by atoms with Gasteiger partial charge in [-0.05, 0) is 61.4 Å². The first-order chi connectivity index (χ1) is 15.4. The van der Waals surface area contributed by atoms with Crippen molar-refractivity contribution in [1.82, 2.24) is 4.90 Å².